The van der Waals surface area contributed by atoms with E-state index in [1.807, 2.05) is 58.0 Å². The van der Waals surface area contributed by atoms with Gasteiger partial charge < -0.3 is 10.1 Å². The van der Waals surface area contributed by atoms with E-state index in [0.717, 1.165) is 22.8 Å². The second-order valence-electron chi connectivity index (χ2n) is 5.39. The molecule has 0 aliphatic rings. The number of nitrogens with one attached hydrogen (secondary N) is 1. The maximum absolute atomic E-state index is 12.5. The van der Waals surface area contributed by atoms with E-state index >= 15 is 0 Å². The number of thioether (sulfide) groups is 1. The maximum Gasteiger partial charge on any atom is 0.237 e. The molecule has 0 aliphatic heterocycles. The summed E-state index contributed by atoms with van der Waals surface area (Å²) in [4.78, 5) is 21.3. The Morgan fingerprint density at radius 1 is 1.17 bits per heavy atom. The lowest BCUT2D eigenvalue weighted by Gasteiger charge is -2.14. The average Bonchev–Trinajstić information content (AvgIpc) is 2.53. The number of rotatable bonds is 7. The maximum atomic E-state index is 12.5. The summed E-state index contributed by atoms with van der Waals surface area (Å²) < 4.78 is 5.40. The van der Waals surface area contributed by atoms with Gasteiger partial charge in [0, 0.05) is 17.1 Å². The molecule has 1 heterocycles. The van der Waals surface area contributed by atoms with Crippen molar-refractivity contribution in [2.45, 2.75) is 44.5 Å². The van der Waals surface area contributed by atoms with Crippen LogP contribution in [0.2, 0.25) is 0 Å². The number of ether oxygens (including phenoxy) is 1. The lowest BCUT2D eigenvalue weighted by molar-refractivity contribution is -0.115. The zero-order valence-corrected chi connectivity index (χ0v) is 15.3. The minimum atomic E-state index is -0.238. The summed E-state index contributed by atoms with van der Waals surface area (Å²) in [6.45, 7) is 8.40. The number of hydrogen-bond acceptors (Lipinski definition) is 5. The van der Waals surface area contributed by atoms with Crippen LogP contribution in [0.3, 0.4) is 0 Å². The van der Waals surface area contributed by atoms with Gasteiger partial charge in [-0.25, -0.2) is 9.97 Å². The molecule has 0 radical (unpaired) electrons. The highest BCUT2D eigenvalue weighted by Gasteiger charge is 2.20. The van der Waals surface area contributed by atoms with E-state index in [2.05, 4.69) is 15.3 Å². The summed E-state index contributed by atoms with van der Waals surface area (Å²) in [6, 6.07) is 9.30. The molecule has 5 nitrogen and oxygen atoms in total. The highest BCUT2D eigenvalue weighted by atomic mass is 32.2. The fourth-order valence-corrected chi connectivity index (χ4v) is 3.20. The first-order valence-corrected chi connectivity index (χ1v) is 8.92. The molecule has 0 aliphatic carbocycles. The second-order valence-corrected chi connectivity index (χ2v) is 6.56. The standard InChI is InChI=1S/C18H23N3O2S/c1-5-16(24-18-19-12(3)11-13(4)20-18)17(22)21-14-7-9-15(10-8-14)23-6-2/h7-11,16H,5-6H2,1-4H3,(H,21,22). The Kier molecular flexibility index (Phi) is 6.61. The Balaban J connectivity index is 2.02. The number of carbonyl (C=O) groups is 1. The van der Waals surface area contributed by atoms with Gasteiger partial charge in [-0.15, -0.1) is 0 Å². The third kappa shape index (κ3) is 5.23. The van der Waals surface area contributed by atoms with Crippen LogP contribution in [0.1, 0.15) is 31.7 Å². The van der Waals surface area contributed by atoms with Crippen molar-refractivity contribution in [1.29, 1.82) is 0 Å². The number of hydrogen-bond donors (Lipinski definition) is 1. The molecule has 1 amide bonds. The van der Waals surface area contributed by atoms with Crippen LogP contribution in [-0.2, 0) is 4.79 Å². The van der Waals surface area contributed by atoms with Crippen LogP contribution < -0.4 is 10.1 Å². The van der Waals surface area contributed by atoms with Crippen molar-refractivity contribution in [1.82, 2.24) is 9.97 Å². The van der Waals surface area contributed by atoms with E-state index in [4.69, 9.17) is 4.74 Å². The molecule has 0 fully saturated rings. The van der Waals surface area contributed by atoms with Gasteiger partial charge in [0.15, 0.2) is 5.16 Å². The number of nitrogens with zero attached hydrogens (tertiary/aromatic N) is 2. The fourth-order valence-electron chi connectivity index (χ4n) is 2.22. The van der Waals surface area contributed by atoms with E-state index in [-0.39, 0.29) is 11.2 Å². The van der Waals surface area contributed by atoms with E-state index in [1.165, 1.54) is 11.8 Å². The van der Waals surface area contributed by atoms with Crippen LogP contribution in [0, 0.1) is 13.8 Å². The lowest BCUT2D eigenvalue weighted by Crippen LogP contribution is -2.24. The molecule has 24 heavy (non-hydrogen) atoms. The Morgan fingerprint density at radius 3 is 2.33 bits per heavy atom. The Labute approximate surface area is 147 Å². The monoisotopic (exact) mass is 345 g/mol. The van der Waals surface area contributed by atoms with E-state index in [1.54, 1.807) is 0 Å². The second kappa shape index (κ2) is 8.68. The van der Waals surface area contributed by atoms with E-state index in [0.29, 0.717) is 18.2 Å². The van der Waals surface area contributed by atoms with Crippen molar-refractivity contribution in [3.63, 3.8) is 0 Å². The Bertz CT molecular complexity index is 669. The van der Waals surface area contributed by atoms with Gasteiger partial charge in [-0.05, 0) is 57.5 Å². The first-order valence-electron chi connectivity index (χ1n) is 8.04. The van der Waals surface area contributed by atoms with E-state index < -0.39 is 0 Å². The summed E-state index contributed by atoms with van der Waals surface area (Å²) in [5.74, 6) is 0.745. The zero-order chi connectivity index (χ0) is 17.5. The number of amides is 1. The quantitative estimate of drug-likeness (QED) is 0.607. The molecule has 1 aromatic heterocycles. The number of aryl methyl sites for hydroxylation is 2. The molecule has 0 bridgehead atoms. The molecule has 1 aromatic carbocycles. The minimum absolute atomic E-state index is 0.0468. The molecule has 2 aromatic rings. The highest BCUT2D eigenvalue weighted by Crippen LogP contribution is 2.24. The molecule has 1 atom stereocenters. The number of anilines is 1. The van der Waals surface area contributed by atoms with Crippen molar-refractivity contribution in [3.05, 3.63) is 41.7 Å². The third-order valence-electron chi connectivity index (χ3n) is 3.31. The summed E-state index contributed by atoms with van der Waals surface area (Å²) in [5.41, 5.74) is 2.57. The fraction of sp³-hybridized carbons (Fsp3) is 0.389. The molecule has 1 unspecified atom stereocenters. The van der Waals surface area contributed by atoms with Crippen LogP contribution in [0.25, 0.3) is 0 Å². The first kappa shape index (κ1) is 18.3. The van der Waals surface area contributed by atoms with Crippen LogP contribution >= 0.6 is 11.8 Å². The van der Waals surface area contributed by atoms with Crippen LogP contribution in [-0.4, -0.2) is 27.7 Å². The molecule has 2 rings (SSSR count). The van der Waals surface area contributed by atoms with E-state index in [9.17, 15) is 4.79 Å². The Hall–Kier alpha value is -2.08. The summed E-state index contributed by atoms with van der Waals surface area (Å²) in [5, 5.41) is 3.34. The van der Waals surface area contributed by atoms with Gasteiger partial charge >= 0.3 is 0 Å². The molecular weight excluding hydrogens is 322 g/mol. The molecule has 128 valence electrons. The SMILES string of the molecule is CCOc1ccc(NC(=O)C(CC)Sc2nc(C)cc(C)n2)cc1. The normalized spacial score (nSPS) is 11.8. The summed E-state index contributed by atoms with van der Waals surface area (Å²) in [6.07, 6.45) is 0.698. The first-order chi connectivity index (χ1) is 11.5. The summed E-state index contributed by atoms with van der Waals surface area (Å²) >= 11 is 1.40. The lowest BCUT2D eigenvalue weighted by atomic mass is 10.2. The predicted molar refractivity (Wildman–Crippen MR) is 97.7 cm³/mol. The van der Waals surface area contributed by atoms with Gasteiger partial charge in [0.05, 0.1) is 11.9 Å². The molecule has 1 N–H and O–H groups in total. The summed E-state index contributed by atoms with van der Waals surface area (Å²) in [7, 11) is 0. The molecule has 0 spiro atoms. The highest BCUT2D eigenvalue weighted by molar-refractivity contribution is 8.00. The minimum Gasteiger partial charge on any atom is -0.494 e. The third-order valence-corrected chi connectivity index (χ3v) is 4.53. The van der Waals surface area contributed by atoms with Gasteiger partial charge in [-0.1, -0.05) is 18.7 Å². The number of carbonyl (C=O) groups excluding carboxylic acids is 1. The van der Waals surface area contributed by atoms with Crippen molar-refractivity contribution in [2.75, 3.05) is 11.9 Å². The Morgan fingerprint density at radius 2 is 1.79 bits per heavy atom. The van der Waals surface area contributed by atoms with Crippen molar-refractivity contribution >= 4 is 23.4 Å². The van der Waals surface area contributed by atoms with Crippen LogP contribution in [0.4, 0.5) is 5.69 Å². The van der Waals surface area contributed by atoms with Crippen molar-refractivity contribution < 1.29 is 9.53 Å². The van der Waals surface area contributed by atoms with Crippen molar-refractivity contribution in [3.8, 4) is 5.75 Å². The van der Waals surface area contributed by atoms with Gasteiger partial charge in [0.1, 0.15) is 5.75 Å². The van der Waals surface area contributed by atoms with Gasteiger partial charge in [0.25, 0.3) is 0 Å². The average molecular weight is 345 g/mol. The number of benzene rings is 1. The van der Waals surface area contributed by atoms with Gasteiger partial charge in [0.2, 0.25) is 5.91 Å². The zero-order valence-electron chi connectivity index (χ0n) is 14.5. The van der Waals surface area contributed by atoms with Gasteiger partial charge in [-0.3, -0.25) is 4.79 Å². The molecular formula is C18H23N3O2S. The molecule has 6 heteroatoms. The van der Waals surface area contributed by atoms with Crippen LogP contribution in [0.15, 0.2) is 35.5 Å². The van der Waals surface area contributed by atoms with Crippen molar-refractivity contribution in [2.24, 2.45) is 0 Å². The smallest absolute Gasteiger partial charge is 0.237 e. The molecule has 0 saturated heterocycles. The van der Waals surface area contributed by atoms with Gasteiger partial charge in [-0.2, -0.15) is 0 Å². The largest absolute Gasteiger partial charge is 0.494 e. The van der Waals surface area contributed by atoms with Crippen LogP contribution in [0.5, 0.6) is 5.75 Å². The predicted octanol–water partition coefficient (Wildman–Crippen LogP) is 4.00. The molecule has 0 saturated carbocycles. The number of aromatic nitrogens is 2. The topological polar surface area (TPSA) is 64.1 Å².